The molecular formula is C10H13ClS. The van der Waals surface area contributed by atoms with Gasteiger partial charge in [-0.1, -0.05) is 18.5 Å². The van der Waals surface area contributed by atoms with Crippen LogP contribution in [0.2, 0.25) is 5.02 Å². The number of benzene rings is 1. The summed E-state index contributed by atoms with van der Waals surface area (Å²) in [4.78, 5) is 1.31. The van der Waals surface area contributed by atoms with Crippen LogP contribution in [-0.2, 0) is 6.42 Å². The van der Waals surface area contributed by atoms with Crippen molar-refractivity contribution in [2.75, 3.05) is 6.26 Å². The number of aryl methyl sites for hydroxylation is 1. The van der Waals surface area contributed by atoms with E-state index in [1.165, 1.54) is 16.0 Å². The molecule has 1 aromatic carbocycles. The van der Waals surface area contributed by atoms with Gasteiger partial charge in [-0.05, 0) is 42.9 Å². The van der Waals surface area contributed by atoms with Gasteiger partial charge in [-0.15, -0.1) is 11.8 Å². The van der Waals surface area contributed by atoms with Gasteiger partial charge in [0.2, 0.25) is 0 Å². The van der Waals surface area contributed by atoms with Crippen molar-refractivity contribution in [1.29, 1.82) is 0 Å². The van der Waals surface area contributed by atoms with Crippen molar-refractivity contribution in [3.05, 3.63) is 28.3 Å². The summed E-state index contributed by atoms with van der Waals surface area (Å²) in [7, 11) is 0. The number of rotatable bonds is 2. The Hall–Kier alpha value is -0.140. The molecule has 0 atom stereocenters. The van der Waals surface area contributed by atoms with Gasteiger partial charge in [-0.3, -0.25) is 0 Å². The standard InChI is InChI=1S/C10H13ClS/c1-4-8-9(11)5-7(2)6-10(8)12-3/h5-6H,4H2,1-3H3. The van der Waals surface area contributed by atoms with Crippen molar-refractivity contribution in [1.82, 2.24) is 0 Å². The van der Waals surface area contributed by atoms with Gasteiger partial charge in [0.25, 0.3) is 0 Å². The molecule has 0 spiro atoms. The minimum absolute atomic E-state index is 0.904. The van der Waals surface area contributed by atoms with Crippen LogP contribution in [0.1, 0.15) is 18.1 Å². The highest BCUT2D eigenvalue weighted by atomic mass is 35.5. The molecule has 1 aromatic rings. The molecule has 0 radical (unpaired) electrons. The summed E-state index contributed by atoms with van der Waals surface area (Å²) < 4.78 is 0. The zero-order valence-corrected chi connectivity index (χ0v) is 9.22. The minimum Gasteiger partial charge on any atom is -0.129 e. The maximum absolute atomic E-state index is 6.10. The first-order valence-electron chi connectivity index (χ1n) is 4.02. The van der Waals surface area contributed by atoms with Gasteiger partial charge >= 0.3 is 0 Å². The van der Waals surface area contributed by atoms with Crippen molar-refractivity contribution in [2.24, 2.45) is 0 Å². The number of thioether (sulfide) groups is 1. The van der Waals surface area contributed by atoms with Crippen LogP contribution in [0, 0.1) is 6.92 Å². The normalized spacial score (nSPS) is 10.3. The van der Waals surface area contributed by atoms with E-state index in [9.17, 15) is 0 Å². The fourth-order valence-electron chi connectivity index (χ4n) is 1.27. The summed E-state index contributed by atoms with van der Waals surface area (Å²) in [5, 5.41) is 0.904. The van der Waals surface area contributed by atoms with Gasteiger partial charge in [-0.2, -0.15) is 0 Å². The fraction of sp³-hybridized carbons (Fsp3) is 0.400. The van der Waals surface area contributed by atoms with Gasteiger partial charge in [0.1, 0.15) is 0 Å². The lowest BCUT2D eigenvalue weighted by atomic mass is 10.1. The second-order valence-electron chi connectivity index (χ2n) is 2.78. The second kappa shape index (κ2) is 4.20. The number of hydrogen-bond donors (Lipinski definition) is 0. The van der Waals surface area contributed by atoms with Crippen molar-refractivity contribution < 1.29 is 0 Å². The summed E-state index contributed by atoms with van der Waals surface area (Å²) in [6.07, 6.45) is 3.10. The first-order valence-corrected chi connectivity index (χ1v) is 5.62. The molecule has 0 saturated carbocycles. The number of halogens is 1. The van der Waals surface area contributed by atoms with Gasteiger partial charge in [0.05, 0.1) is 0 Å². The third-order valence-electron chi connectivity index (χ3n) is 1.87. The molecule has 0 saturated heterocycles. The first kappa shape index (κ1) is 9.94. The van der Waals surface area contributed by atoms with Crippen LogP contribution in [0.15, 0.2) is 17.0 Å². The molecule has 0 aromatic heterocycles. The molecule has 0 aliphatic heterocycles. The van der Waals surface area contributed by atoms with Crippen LogP contribution < -0.4 is 0 Å². The smallest absolute Gasteiger partial charge is 0.0451 e. The Morgan fingerprint density at radius 1 is 1.42 bits per heavy atom. The summed E-state index contributed by atoms with van der Waals surface area (Å²) in [5.74, 6) is 0. The van der Waals surface area contributed by atoms with E-state index in [4.69, 9.17) is 11.6 Å². The Morgan fingerprint density at radius 3 is 2.58 bits per heavy atom. The lowest BCUT2D eigenvalue weighted by Gasteiger charge is -2.08. The average molecular weight is 201 g/mol. The molecule has 0 aliphatic rings. The van der Waals surface area contributed by atoms with Crippen LogP contribution in [0.5, 0.6) is 0 Å². The molecule has 1 rings (SSSR count). The molecule has 0 nitrogen and oxygen atoms in total. The molecule has 0 amide bonds. The van der Waals surface area contributed by atoms with Crippen molar-refractivity contribution in [3.63, 3.8) is 0 Å². The lowest BCUT2D eigenvalue weighted by molar-refractivity contribution is 1.08. The maximum Gasteiger partial charge on any atom is 0.0451 e. The highest BCUT2D eigenvalue weighted by Crippen LogP contribution is 2.28. The summed E-state index contributed by atoms with van der Waals surface area (Å²) in [6, 6.07) is 4.22. The van der Waals surface area contributed by atoms with Gasteiger partial charge in [-0.25, -0.2) is 0 Å². The highest BCUT2D eigenvalue weighted by molar-refractivity contribution is 7.98. The molecule has 12 heavy (non-hydrogen) atoms. The second-order valence-corrected chi connectivity index (χ2v) is 4.04. The Kier molecular flexibility index (Phi) is 3.48. The third-order valence-corrected chi connectivity index (χ3v) is 3.01. The van der Waals surface area contributed by atoms with Crippen LogP contribution in [0.4, 0.5) is 0 Å². The van der Waals surface area contributed by atoms with Crippen LogP contribution in [0.3, 0.4) is 0 Å². The van der Waals surface area contributed by atoms with Crippen LogP contribution in [-0.4, -0.2) is 6.26 Å². The zero-order valence-electron chi connectivity index (χ0n) is 7.65. The molecule has 0 unspecified atom stereocenters. The molecule has 0 heterocycles. The van der Waals surface area contributed by atoms with E-state index in [1.807, 2.05) is 6.07 Å². The van der Waals surface area contributed by atoms with E-state index in [-0.39, 0.29) is 0 Å². The topological polar surface area (TPSA) is 0 Å². The van der Waals surface area contributed by atoms with E-state index in [0.717, 1.165) is 11.4 Å². The van der Waals surface area contributed by atoms with E-state index >= 15 is 0 Å². The monoisotopic (exact) mass is 200 g/mol. The maximum atomic E-state index is 6.10. The predicted molar refractivity (Wildman–Crippen MR) is 57.3 cm³/mol. The molecule has 2 heteroatoms. The van der Waals surface area contributed by atoms with E-state index < -0.39 is 0 Å². The van der Waals surface area contributed by atoms with E-state index in [1.54, 1.807) is 11.8 Å². The quantitative estimate of drug-likeness (QED) is 0.652. The molecule has 0 fully saturated rings. The van der Waals surface area contributed by atoms with Gasteiger partial charge < -0.3 is 0 Å². The van der Waals surface area contributed by atoms with Crippen LogP contribution >= 0.6 is 23.4 Å². The van der Waals surface area contributed by atoms with Crippen molar-refractivity contribution in [3.8, 4) is 0 Å². The van der Waals surface area contributed by atoms with E-state index in [0.29, 0.717) is 0 Å². The van der Waals surface area contributed by atoms with Crippen molar-refractivity contribution >= 4 is 23.4 Å². The Bertz CT molecular complexity index is 281. The Labute approximate surface area is 83.3 Å². The summed E-state index contributed by atoms with van der Waals surface area (Å²) in [5.41, 5.74) is 2.51. The molecule has 0 aliphatic carbocycles. The van der Waals surface area contributed by atoms with Crippen LogP contribution in [0.25, 0.3) is 0 Å². The van der Waals surface area contributed by atoms with E-state index in [2.05, 4.69) is 26.2 Å². The molecule has 66 valence electrons. The molecular weight excluding hydrogens is 188 g/mol. The first-order chi connectivity index (χ1) is 5.69. The summed E-state index contributed by atoms with van der Waals surface area (Å²) >= 11 is 7.86. The third kappa shape index (κ3) is 1.96. The Morgan fingerprint density at radius 2 is 2.08 bits per heavy atom. The molecule has 0 bridgehead atoms. The van der Waals surface area contributed by atoms with Gasteiger partial charge in [0.15, 0.2) is 0 Å². The highest BCUT2D eigenvalue weighted by Gasteiger charge is 2.04. The van der Waals surface area contributed by atoms with Gasteiger partial charge in [0, 0.05) is 9.92 Å². The SMILES string of the molecule is CCc1c(Cl)cc(C)cc1SC. The summed E-state index contributed by atoms with van der Waals surface area (Å²) in [6.45, 7) is 4.21. The Balaban J connectivity index is 3.24. The lowest BCUT2D eigenvalue weighted by Crippen LogP contribution is -1.88. The number of hydrogen-bond acceptors (Lipinski definition) is 1. The minimum atomic E-state index is 0.904. The largest absolute Gasteiger partial charge is 0.129 e. The zero-order chi connectivity index (χ0) is 9.14. The molecule has 0 N–H and O–H groups in total. The van der Waals surface area contributed by atoms with Crippen molar-refractivity contribution in [2.45, 2.75) is 25.2 Å². The average Bonchev–Trinajstić information content (AvgIpc) is 2.03. The fourth-order valence-corrected chi connectivity index (χ4v) is 2.53. The predicted octanol–water partition coefficient (Wildman–Crippen LogP) is 3.93.